The van der Waals surface area contributed by atoms with Gasteiger partial charge in [0, 0.05) is 24.7 Å². The van der Waals surface area contributed by atoms with E-state index in [0.717, 1.165) is 31.2 Å². The van der Waals surface area contributed by atoms with E-state index in [0.29, 0.717) is 6.04 Å². The first-order chi connectivity index (χ1) is 9.10. The van der Waals surface area contributed by atoms with Crippen molar-refractivity contribution >= 4 is 0 Å². The number of likely N-dealkylation sites (N-methyl/N-ethyl adjacent to an activating group) is 2. The van der Waals surface area contributed by atoms with Crippen LogP contribution in [0.2, 0.25) is 0 Å². The zero-order valence-electron chi connectivity index (χ0n) is 12.7. The largest absolute Gasteiger partial charge is 0.465 e. The molecule has 1 aromatic rings. The number of nitrogens with zero attached hydrogens (tertiary/aromatic N) is 2. The molecular formula is C15H27N3O. The van der Waals surface area contributed by atoms with Crippen LogP contribution in [0.1, 0.15) is 29.9 Å². The van der Waals surface area contributed by atoms with E-state index in [-0.39, 0.29) is 0 Å². The average Bonchev–Trinajstić information content (AvgIpc) is 2.88. The van der Waals surface area contributed by atoms with E-state index in [1.807, 2.05) is 7.05 Å². The maximum Gasteiger partial charge on any atom is 0.118 e. The number of furan rings is 1. The van der Waals surface area contributed by atoms with Gasteiger partial charge in [0.1, 0.15) is 11.5 Å². The summed E-state index contributed by atoms with van der Waals surface area (Å²) in [5.74, 6) is 2.08. The van der Waals surface area contributed by atoms with Gasteiger partial charge in [-0.15, -0.1) is 0 Å². The molecule has 0 aromatic carbocycles. The fourth-order valence-corrected chi connectivity index (χ4v) is 2.93. The first-order valence-corrected chi connectivity index (χ1v) is 7.21. The lowest BCUT2D eigenvalue weighted by molar-refractivity contribution is 0.215. The maximum absolute atomic E-state index is 5.75. The van der Waals surface area contributed by atoms with Gasteiger partial charge in [-0.3, -0.25) is 0 Å². The Kier molecular flexibility index (Phi) is 5.02. The van der Waals surface area contributed by atoms with Gasteiger partial charge in [0.2, 0.25) is 0 Å². The first kappa shape index (κ1) is 14.6. The minimum Gasteiger partial charge on any atom is -0.465 e. The second-order valence-corrected chi connectivity index (χ2v) is 5.80. The number of hydrogen-bond donors (Lipinski definition) is 1. The molecule has 0 saturated carbocycles. The number of hydrogen-bond acceptors (Lipinski definition) is 4. The molecule has 4 heteroatoms. The summed E-state index contributed by atoms with van der Waals surface area (Å²) < 4.78 is 5.75. The van der Waals surface area contributed by atoms with Crippen LogP contribution in [0, 0.1) is 6.92 Å². The molecular weight excluding hydrogens is 238 g/mol. The standard InChI is InChI=1S/C15H27N3O/c1-12-13(8-15(19-12)9-16-2)10-17(3)11-14-6-5-7-18(14)4/h8,14,16H,5-7,9-11H2,1-4H3. The van der Waals surface area contributed by atoms with Crippen LogP contribution in [0.15, 0.2) is 10.5 Å². The van der Waals surface area contributed by atoms with Crippen molar-refractivity contribution in [1.82, 2.24) is 15.1 Å². The van der Waals surface area contributed by atoms with Crippen molar-refractivity contribution < 1.29 is 4.42 Å². The van der Waals surface area contributed by atoms with Gasteiger partial charge in [-0.2, -0.15) is 0 Å². The third-order valence-corrected chi connectivity index (χ3v) is 4.06. The zero-order valence-corrected chi connectivity index (χ0v) is 12.7. The van der Waals surface area contributed by atoms with Crippen LogP contribution in [-0.4, -0.2) is 50.1 Å². The van der Waals surface area contributed by atoms with Crippen LogP contribution >= 0.6 is 0 Å². The molecule has 2 rings (SSSR count). The SMILES string of the molecule is CNCc1cc(CN(C)CC2CCCN2C)c(C)o1. The van der Waals surface area contributed by atoms with Crippen molar-refractivity contribution in [2.45, 2.75) is 38.9 Å². The van der Waals surface area contributed by atoms with Crippen LogP contribution < -0.4 is 5.32 Å². The first-order valence-electron chi connectivity index (χ1n) is 7.21. The molecule has 0 amide bonds. The zero-order chi connectivity index (χ0) is 13.8. The van der Waals surface area contributed by atoms with Gasteiger partial charge in [-0.05, 0) is 53.5 Å². The molecule has 0 bridgehead atoms. The van der Waals surface area contributed by atoms with Crippen LogP contribution in [0.3, 0.4) is 0 Å². The number of likely N-dealkylation sites (tertiary alicyclic amines) is 1. The Morgan fingerprint density at radius 1 is 1.53 bits per heavy atom. The number of nitrogens with one attached hydrogen (secondary N) is 1. The van der Waals surface area contributed by atoms with Crippen molar-refractivity contribution in [3.8, 4) is 0 Å². The quantitative estimate of drug-likeness (QED) is 0.850. The van der Waals surface area contributed by atoms with Crippen LogP contribution in [0.4, 0.5) is 0 Å². The lowest BCUT2D eigenvalue weighted by Gasteiger charge is -2.25. The molecule has 1 unspecified atom stereocenters. The molecule has 1 aliphatic heterocycles. The predicted molar refractivity (Wildman–Crippen MR) is 78.2 cm³/mol. The molecule has 4 nitrogen and oxygen atoms in total. The summed E-state index contributed by atoms with van der Waals surface area (Å²) >= 11 is 0. The van der Waals surface area contributed by atoms with Gasteiger partial charge in [0.05, 0.1) is 6.54 Å². The smallest absolute Gasteiger partial charge is 0.118 e. The number of rotatable bonds is 6. The highest BCUT2D eigenvalue weighted by Crippen LogP contribution is 2.19. The van der Waals surface area contributed by atoms with Crippen LogP contribution in [0.5, 0.6) is 0 Å². The van der Waals surface area contributed by atoms with E-state index >= 15 is 0 Å². The third kappa shape index (κ3) is 3.81. The summed E-state index contributed by atoms with van der Waals surface area (Å²) in [6.07, 6.45) is 2.67. The van der Waals surface area contributed by atoms with E-state index in [1.165, 1.54) is 24.9 Å². The highest BCUT2D eigenvalue weighted by molar-refractivity contribution is 5.20. The molecule has 1 aromatic heterocycles. The second kappa shape index (κ2) is 6.55. The monoisotopic (exact) mass is 265 g/mol. The van der Waals surface area contributed by atoms with E-state index in [9.17, 15) is 0 Å². The maximum atomic E-state index is 5.75. The molecule has 1 fully saturated rings. The van der Waals surface area contributed by atoms with Crippen molar-refractivity contribution in [1.29, 1.82) is 0 Å². The minimum atomic E-state index is 0.717. The Morgan fingerprint density at radius 2 is 2.32 bits per heavy atom. The molecule has 1 saturated heterocycles. The van der Waals surface area contributed by atoms with E-state index in [4.69, 9.17) is 4.42 Å². The molecule has 19 heavy (non-hydrogen) atoms. The topological polar surface area (TPSA) is 31.6 Å². The summed E-state index contributed by atoms with van der Waals surface area (Å²) in [6, 6.07) is 2.90. The molecule has 1 aliphatic rings. The fraction of sp³-hybridized carbons (Fsp3) is 0.733. The van der Waals surface area contributed by atoms with Gasteiger partial charge in [-0.1, -0.05) is 0 Å². The van der Waals surface area contributed by atoms with E-state index < -0.39 is 0 Å². The lowest BCUT2D eigenvalue weighted by Crippen LogP contribution is -2.36. The van der Waals surface area contributed by atoms with Gasteiger partial charge >= 0.3 is 0 Å². The van der Waals surface area contributed by atoms with Crippen LogP contribution in [-0.2, 0) is 13.1 Å². The minimum absolute atomic E-state index is 0.717. The van der Waals surface area contributed by atoms with E-state index in [2.05, 4.69) is 42.2 Å². The second-order valence-electron chi connectivity index (χ2n) is 5.80. The molecule has 1 N–H and O–H groups in total. The van der Waals surface area contributed by atoms with Gasteiger partial charge in [0.15, 0.2) is 0 Å². The van der Waals surface area contributed by atoms with Gasteiger partial charge < -0.3 is 19.5 Å². The molecule has 0 aliphatic carbocycles. The summed E-state index contributed by atoms with van der Waals surface area (Å²) in [5.41, 5.74) is 1.31. The highest BCUT2D eigenvalue weighted by Gasteiger charge is 2.22. The Bertz CT molecular complexity index is 402. The Hall–Kier alpha value is -0.840. The average molecular weight is 265 g/mol. The van der Waals surface area contributed by atoms with Crippen molar-refractivity contribution in [2.24, 2.45) is 0 Å². The van der Waals surface area contributed by atoms with Crippen molar-refractivity contribution in [3.05, 3.63) is 23.2 Å². The summed E-state index contributed by atoms with van der Waals surface area (Å²) in [4.78, 5) is 4.89. The van der Waals surface area contributed by atoms with Gasteiger partial charge in [-0.25, -0.2) is 0 Å². The summed E-state index contributed by atoms with van der Waals surface area (Å²) in [6.45, 7) is 6.22. The molecule has 108 valence electrons. The lowest BCUT2D eigenvalue weighted by atomic mass is 10.2. The molecule has 0 radical (unpaired) electrons. The molecule has 0 spiro atoms. The molecule has 1 atom stereocenters. The van der Waals surface area contributed by atoms with Crippen molar-refractivity contribution in [2.75, 3.05) is 34.2 Å². The van der Waals surface area contributed by atoms with Gasteiger partial charge in [0.25, 0.3) is 0 Å². The fourth-order valence-electron chi connectivity index (χ4n) is 2.93. The highest BCUT2D eigenvalue weighted by atomic mass is 16.3. The summed E-state index contributed by atoms with van der Waals surface area (Å²) in [7, 11) is 6.38. The predicted octanol–water partition coefficient (Wildman–Crippen LogP) is 1.83. The van der Waals surface area contributed by atoms with Crippen LogP contribution in [0.25, 0.3) is 0 Å². The van der Waals surface area contributed by atoms with E-state index in [1.54, 1.807) is 0 Å². The van der Waals surface area contributed by atoms with Crippen molar-refractivity contribution in [3.63, 3.8) is 0 Å². The Balaban J connectivity index is 1.89. The summed E-state index contributed by atoms with van der Waals surface area (Å²) in [5, 5.41) is 3.13. The number of aryl methyl sites for hydroxylation is 1. The normalized spacial score (nSPS) is 20.6. The third-order valence-electron chi connectivity index (χ3n) is 4.06. The molecule has 2 heterocycles. The Labute approximate surface area is 116 Å². The Morgan fingerprint density at radius 3 is 2.95 bits per heavy atom.